The van der Waals surface area contributed by atoms with E-state index in [1.807, 2.05) is 36.4 Å². The van der Waals surface area contributed by atoms with Gasteiger partial charge in [-0.3, -0.25) is 4.79 Å². The molecule has 0 spiro atoms. The number of hydrogen-bond acceptors (Lipinski definition) is 3. The molecule has 1 atom stereocenters. The number of carbonyl (C=O) groups is 1. The van der Waals surface area contributed by atoms with Gasteiger partial charge in [0.1, 0.15) is 0 Å². The van der Waals surface area contributed by atoms with Crippen LogP contribution in [0.2, 0.25) is 0 Å². The smallest absolute Gasteiger partial charge is 0.251 e. The number of aliphatic hydroxyl groups excluding tert-OH is 1. The summed E-state index contributed by atoms with van der Waals surface area (Å²) < 4.78 is 0. The Balaban J connectivity index is 2.15. The van der Waals surface area contributed by atoms with E-state index in [-0.39, 0.29) is 25.1 Å². The van der Waals surface area contributed by atoms with E-state index in [2.05, 4.69) is 36.6 Å². The van der Waals surface area contributed by atoms with Crippen LogP contribution in [0.4, 0.5) is 5.69 Å². The predicted octanol–water partition coefficient (Wildman–Crippen LogP) is 3.61. The van der Waals surface area contributed by atoms with Crippen LogP contribution in [0.25, 0.3) is 0 Å². The van der Waals surface area contributed by atoms with E-state index in [9.17, 15) is 4.79 Å². The van der Waals surface area contributed by atoms with Crippen LogP contribution >= 0.6 is 0 Å². The molecule has 0 radical (unpaired) electrons. The first-order valence-electron chi connectivity index (χ1n) is 8.40. The van der Waals surface area contributed by atoms with E-state index in [4.69, 9.17) is 5.11 Å². The van der Waals surface area contributed by atoms with Crippen LogP contribution in [0.15, 0.2) is 54.6 Å². The highest BCUT2D eigenvalue weighted by Crippen LogP contribution is 2.26. The zero-order chi connectivity index (χ0) is 17.4. The number of amides is 1. The molecular weight excluding hydrogens is 300 g/mol. The average Bonchev–Trinajstić information content (AvgIpc) is 2.59. The lowest BCUT2D eigenvalue weighted by atomic mass is 9.96. The molecule has 128 valence electrons. The maximum atomic E-state index is 12.0. The second-order valence-electron chi connectivity index (χ2n) is 6.30. The number of aliphatic hydroxyl groups is 1. The highest BCUT2D eigenvalue weighted by Gasteiger charge is 2.14. The minimum absolute atomic E-state index is 0.0614. The summed E-state index contributed by atoms with van der Waals surface area (Å²) in [5.74, 6) is 0.381. The Kier molecular flexibility index (Phi) is 6.82. The van der Waals surface area contributed by atoms with Crippen molar-refractivity contribution >= 4 is 11.6 Å². The number of rotatable bonds is 8. The summed E-state index contributed by atoms with van der Waals surface area (Å²) in [6, 6.07) is 18.0. The molecule has 0 aliphatic rings. The molecule has 1 unspecified atom stereocenters. The van der Waals surface area contributed by atoms with Gasteiger partial charge in [-0.05, 0) is 36.1 Å². The Hall–Kier alpha value is -2.33. The lowest BCUT2D eigenvalue weighted by molar-refractivity contribution is 0.0945. The normalized spacial score (nSPS) is 12.0. The van der Waals surface area contributed by atoms with Crippen LogP contribution in [0.3, 0.4) is 0 Å². The average molecular weight is 326 g/mol. The molecule has 0 heterocycles. The highest BCUT2D eigenvalue weighted by atomic mass is 16.3. The monoisotopic (exact) mass is 326 g/mol. The number of anilines is 1. The summed E-state index contributed by atoms with van der Waals surface area (Å²) in [6.07, 6.45) is 1.00. The highest BCUT2D eigenvalue weighted by molar-refractivity contribution is 5.95. The molecule has 24 heavy (non-hydrogen) atoms. The third-order valence-electron chi connectivity index (χ3n) is 3.77. The van der Waals surface area contributed by atoms with Crippen molar-refractivity contribution in [2.45, 2.75) is 26.3 Å². The topological polar surface area (TPSA) is 61.4 Å². The molecule has 2 aromatic rings. The maximum Gasteiger partial charge on any atom is 0.251 e. The van der Waals surface area contributed by atoms with Crippen LogP contribution in [0.5, 0.6) is 0 Å². The van der Waals surface area contributed by atoms with Gasteiger partial charge in [-0.15, -0.1) is 0 Å². The van der Waals surface area contributed by atoms with Crippen LogP contribution < -0.4 is 10.6 Å². The summed E-state index contributed by atoms with van der Waals surface area (Å²) in [5.41, 5.74) is 2.74. The first kappa shape index (κ1) is 18.0. The second-order valence-corrected chi connectivity index (χ2v) is 6.30. The summed E-state index contributed by atoms with van der Waals surface area (Å²) >= 11 is 0. The van der Waals surface area contributed by atoms with Gasteiger partial charge < -0.3 is 15.7 Å². The second kappa shape index (κ2) is 9.08. The van der Waals surface area contributed by atoms with E-state index in [1.54, 1.807) is 6.07 Å². The van der Waals surface area contributed by atoms with Crippen LogP contribution in [0, 0.1) is 5.92 Å². The van der Waals surface area contributed by atoms with E-state index < -0.39 is 0 Å². The van der Waals surface area contributed by atoms with Gasteiger partial charge in [-0.1, -0.05) is 50.2 Å². The van der Waals surface area contributed by atoms with Crippen molar-refractivity contribution in [1.29, 1.82) is 0 Å². The number of benzene rings is 2. The fourth-order valence-corrected chi connectivity index (χ4v) is 2.66. The number of hydrogen-bond donors (Lipinski definition) is 3. The molecule has 2 aromatic carbocycles. The Morgan fingerprint density at radius 2 is 1.83 bits per heavy atom. The summed E-state index contributed by atoms with van der Waals surface area (Å²) in [7, 11) is 0. The van der Waals surface area contributed by atoms with Gasteiger partial charge in [-0.2, -0.15) is 0 Å². The minimum atomic E-state index is -0.173. The minimum Gasteiger partial charge on any atom is -0.395 e. The zero-order valence-electron chi connectivity index (χ0n) is 14.3. The van der Waals surface area contributed by atoms with Gasteiger partial charge in [0.25, 0.3) is 5.91 Å². The first-order valence-corrected chi connectivity index (χ1v) is 8.40. The van der Waals surface area contributed by atoms with Gasteiger partial charge in [0.2, 0.25) is 0 Å². The van der Waals surface area contributed by atoms with Crippen molar-refractivity contribution in [2.24, 2.45) is 5.92 Å². The molecule has 0 bridgehead atoms. The summed E-state index contributed by atoms with van der Waals surface area (Å²) in [6.45, 7) is 4.61. The Morgan fingerprint density at radius 1 is 1.08 bits per heavy atom. The van der Waals surface area contributed by atoms with Crippen molar-refractivity contribution < 1.29 is 9.90 Å². The molecule has 0 saturated heterocycles. The molecule has 2 rings (SSSR count). The van der Waals surface area contributed by atoms with Crippen LogP contribution in [0.1, 0.15) is 42.2 Å². The first-order chi connectivity index (χ1) is 11.6. The van der Waals surface area contributed by atoms with Gasteiger partial charge in [0, 0.05) is 17.8 Å². The number of nitrogens with one attached hydrogen (secondary N) is 2. The van der Waals surface area contributed by atoms with E-state index in [0.29, 0.717) is 11.5 Å². The molecular formula is C20H26N2O2. The van der Waals surface area contributed by atoms with Gasteiger partial charge in [0.15, 0.2) is 0 Å². The SMILES string of the molecule is CC(C)CC(Nc1cccc(C(=O)NCCO)c1)c1ccccc1. The molecule has 4 heteroatoms. The van der Waals surface area contributed by atoms with Crippen molar-refractivity contribution in [2.75, 3.05) is 18.5 Å². The van der Waals surface area contributed by atoms with E-state index in [0.717, 1.165) is 12.1 Å². The molecule has 4 nitrogen and oxygen atoms in total. The lowest BCUT2D eigenvalue weighted by Crippen LogP contribution is -2.26. The fraction of sp³-hybridized carbons (Fsp3) is 0.350. The van der Waals surface area contributed by atoms with Crippen molar-refractivity contribution in [3.05, 3.63) is 65.7 Å². The van der Waals surface area contributed by atoms with Gasteiger partial charge in [-0.25, -0.2) is 0 Å². The quantitative estimate of drug-likeness (QED) is 0.694. The van der Waals surface area contributed by atoms with Crippen molar-refractivity contribution in [3.63, 3.8) is 0 Å². The summed E-state index contributed by atoms with van der Waals surface area (Å²) in [4.78, 5) is 12.0. The Morgan fingerprint density at radius 3 is 2.50 bits per heavy atom. The van der Waals surface area contributed by atoms with Crippen LogP contribution in [-0.2, 0) is 0 Å². The molecule has 0 aliphatic carbocycles. The standard InChI is InChI=1S/C20H26N2O2/c1-15(2)13-19(16-7-4-3-5-8-16)22-18-10-6-9-17(14-18)20(24)21-11-12-23/h3-10,14-15,19,22-23H,11-13H2,1-2H3,(H,21,24). The Labute approximate surface area is 143 Å². The molecule has 0 aliphatic heterocycles. The van der Waals surface area contributed by atoms with E-state index >= 15 is 0 Å². The number of carbonyl (C=O) groups excluding carboxylic acids is 1. The molecule has 0 saturated carbocycles. The molecule has 1 amide bonds. The van der Waals surface area contributed by atoms with Gasteiger partial charge >= 0.3 is 0 Å². The predicted molar refractivity (Wildman–Crippen MR) is 98.1 cm³/mol. The van der Waals surface area contributed by atoms with Crippen molar-refractivity contribution in [3.8, 4) is 0 Å². The molecule has 3 N–H and O–H groups in total. The van der Waals surface area contributed by atoms with Crippen LogP contribution in [-0.4, -0.2) is 24.2 Å². The summed E-state index contributed by atoms with van der Waals surface area (Å²) in [5, 5.41) is 15.0. The maximum absolute atomic E-state index is 12.0. The van der Waals surface area contributed by atoms with Gasteiger partial charge in [0.05, 0.1) is 12.6 Å². The third kappa shape index (κ3) is 5.39. The third-order valence-corrected chi connectivity index (χ3v) is 3.77. The molecule has 0 aromatic heterocycles. The zero-order valence-corrected chi connectivity index (χ0v) is 14.3. The van der Waals surface area contributed by atoms with Crippen molar-refractivity contribution in [1.82, 2.24) is 5.32 Å². The molecule has 0 fully saturated rings. The fourth-order valence-electron chi connectivity index (χ4n) is 2.66. The van der Waals surface area contributed by atoms with E-state index in [1.165, 1.54) is 5.56 Å². The largest absolute Gasteiger partial charge is 0.395 e. The lowest BCUT2D eigenvalue weighted by Gasteiger charge is -2.22. The Bertz CT molecular complexity index is 641.